The predicted molar refractivity (Wildman–Crippen MR) is 58.8 cm³/mol. The summed E-state index contributed by atoms with van der Waals surface area (Å²) < 4.78 is 0. The average molecular weight is 222 g/mol. The van der Waals surface area contributed by atoms with E-state index in [9.17, 15) is 9.59 Å². The van der Waals surface area contributed by atoms with Crippen molar-refractivity contribution in [3.8, 4) is 0 Å². The first-order valence-corrected chi connectivity index (χ1v) is 4.97. The molecule has 86 valence electrons. The fourth-order valence-electron chi connectivity index (χ4n) is 1.64. The normalized spacial score (nSPS) is 10.1. The van der Waals surface area contributed by atoms with Gasteiger partial charge in [0, 0.05) is 6.42 Å². The molecule has 0 aliphatic heterocycles. The highest BCUT2D eigenvalue weighted by Gasteiger charge is 2.11. The van der Waals surface area contributed by atoms with Gasteiger partial charge in [-0.05, 0) is 43.0 Å². The number of aryl methyl sites for hydroxylation is 3. The summed E-state index contributed by atoms with van der Waals surface area (Å²) >= 11 is 0. The lowest BCUT2D eigenvalue weighted by Crippen LogP contribution is -2.04. The van der Waals surface area contributed by atoms with Crippen LogP contribution in [0.4, 0.5) is 0 Å². The van der Waals surface area contributed by atoms with E-state index in [1.165, 1.54) is 0 Å². The Kier molecular flexibility index (Phi) is 3.66. The van der Waals surface area contributed by atoms with Gasteiger partial charge in [-0.25, -0.2) is 4.79 Å². The molecule has 16 heavy (non-hydrogen) atoms. The van der Waals surface area contributed by atoms with Crippen LogP contribution in [0.25, 0.3) is 0 Å². The zero-order valence-corrected chi connectivity index (χ0v) is 9.28. The number of benzene rings is 1. The highest BCUT2D eigenvalue weighted by atomic mass is 16.4. The maximum atomic E-state index is 10.9. The molecule has 0 aliphatic carbocycles. The minimum absolute atomic E-state index is 0.0168. The van der Waals surface area contributed by atoms with Crippen LogP contribution in [-0.4, -0.2) is 22.2 Å². The topological polar surface area (TPSA) is 74.6 Å². The number of aromatic carboxylic acids is 1. The van der Waals surface area contributed by atoms with E-state index < -0.39 is 11.9 Å². The lowest BCUT2D eigenvalue weighted by Gasteiger charge is -2.08. The molecule has 0 amide bonds. The molecule has 0 heterocycles. The van der Waals surface area contributed by atoms with Crippen LogP contribution in [-0.2, 0) is 11.2 Å². The van der Waals surface area contributed by atoms with E-state index in [1.807, 2.05) is 6.92 Å². The molecule has 0 aromatic heterocycles. The van der Waals surface area contributed by atoms with Crippen LogP contribution in [0.5, 0.6) is 0 Å². The highest BCUT2D eigenvalue weighted by Crippen LogP contribution is 2.17. The Morgan fingerprint density at radius 1 is 1.12 bits per heavy atom. The first kappa shape index (κ1) is 12.2. The third-order valence-corrected chi connectivity index (χ3v) is 2.52. The SMILES string of the molecule is Cc1cc(C)c(C(=O)O)cc1CCC(=O)O. The van der Waals surface area contributed by atoms with E-state index in [1.54, 1.807) is 19.1 Å². The molecule has 0 radical (unpaired) electrons. The number of hydrogen-bond donors (Lipinski definition) is 2. The van der Waals surface area contributed by atoms with Crippen LogP contribution in [0.1, 0.15) is 33.5 Å². The molecule has 0 fully saturated rings. The first-order valence-electron chi connectivity index (χ1n) is 4.97. The quantitative estimate of drug-likeness (QED) is 0.817. The van der Waals surface area contributed by atoms with E-state index in [-0.39, 0.29) is 12.0 Å². The summed E-state index contributed by atoms with van der Waals surface area (Å²) in [4.78, 5) is 21.4. The summed E-state index contributed by atoms with van der Waals surface area (Å²) in [7, 11) is 0. The number of carboxylic acid groups (broad SMARTS) is 2. The van der Waals surface area contributed by atoms with Crippen molar-refractivity contribution in [2.75, 3.05) is 0 Å². The van der Waals surface area contributed by atoms with Crippen LogP contribution in [0.3, 0.4) is 0 Å². The summed E-state index contributed by atoms with van der Waals surface area (Å²) in [5.74, 6) is -1.86. The van der Waals surface area contributed by atoms with Crippen molar-refractivity contribution in [3.63, 3.8) is 0 Å². The Hall–Kier alpha value is -1.84. The summed E-state index contributed by atoms with van der Waals surface area (Å²) in [6.45, 7) is 3.59. The minimum atomic E-state index is -0.978. The first-order chi connectivity index (χ1) is 7.41. The zero-order valence-electron chi connectivity index (χ0n) is 9.28. The molecule has 0 spiro atoms. The highest BCUT2D eigenvalue weighted by molar-refractivity contribution is 5.89. The lowest BCUT2D eigenvalue weighted by atomic mass is 9.97. The molecule has 4 heteroatoms. The van der Waals surface area contributed by atoms with Crippen LogP contribution < -0.4 is 0 Å². The largest absolute Gasteiger partial charge is 0.481 e. The van der Waals surface area contributed by atoms with Crippen molar-refractivity contribution in [2.24, 2.45) is 0 Å². The molecule has 0 atom stereocenters. The summed E-state index contributed by atoms with van der Waals surface area (Å²) in [5.41, 5.74) is 2.66. The molecular weight excluding hydrogens is 208 g/mol. The van der Waals surface area contributed by atoms with E-state index >= 15 is 0 Å². The Morgan fingerprint density at radius 2 is 1.75 bits per heavy atom. The average Bonchev–Trinajstić information content (AvgIpc) is 2.15. The van der Waals surface area contributed by atoms with Gasteiger partial charge in [0.05, 0.1) is 5.56 Å². The predicted octanol–water partition coefficient (Wildman–Crippen LogP) is 2.02. The molecule has 1 aromatic carbocycles. The second-order valence-electron chi connectivity index (χ2n) is 3.79. The number of rotatable bonds is 4. The molecule has 0 unspecified atom stereocenters. The number of carbonyl (C=O) groups is 2. The van der Waals surface area contributed by atoms with Crippen LogP contribution in [0.15, 0.2) is 12.1 Å². The third kappa shape index (κ3) is 2.82. The molecule has 4 nitrogen and oxygen atoms in total. The fourth-order valence-corrected chi connectivity index (χ4v) is 1.64. The Bertz CT molecular complexity index is 435. The Balaban J connectivity index is 3.05. The van der Waals surface area contributed by atoms with Crippen molar-refractivity contribution in [3.05, 3.63) is 34.4 Å². The van der Waals surface area contributed by atoms with Gasteiger partial charge in [-0.15, -0.1) is 0 Å². The molecular formula is C12H14O4. The Labute approximate surface area is 93.5 Å². The standard InChI is InChI=1S/C12H14O4/c1-7-5-8(2)10(12(15)16)6-9(7)3-4-11(13)14/h5-6H,3-4H2,1-2H3,(H,13,14)(H,15,16). The molecule has 0 saturated carbocycles. The van der Waals surface area contributed by atoms with Gasteiger partial charge < -0.3 is 10.2 Å². The summed E-state index contributed by atoms with van der Waals surface area (Å²) in [6, 6.07) is 3.34. The molecule has 0 aliphatic rings. The second kappa shape index (κ2) is 4.79. The van der Waals surface area contributed by atoms with E-state index in [0.29, 0.717) is 12.0 Å². The van der Waals surface area contributed by atoms with Gasteiger partial charge in [0.15, 0.2) is 0 Å². The fraction of sp³-hybridized carbons (Fsp3) is 0.333. The van der Waals surface area contributed by atoms with Crippen LogP contribution in [0, 0.1) is 13.8 Å². The number of carboxylic acids is 2. The monoisotopic (exact) mass is 222 g/mol. The molecule has 1 rings (SSSR count). The zero-order chi connectivity index (χ0) is 12.3. The Morgan fingerprint density at radius 3 is 2.25 bits per heavy atom. The second-order valence-corrected chi connectivity index (χ2v) is 3.79. The van der Waals surface area contributed by atoms with Crippen LogP contribution >= 0.6 is 0 Å². The van der Waals surface area contributed by atoms with Crippen molar-refractivity contribution in [1.29, 1.82) is 0 Å². The van der Waals surface area contributed by atoms with Gasteiger partial charge in [0.25, 0.3) is 0 Å². The van der Waals surface area contributed by atoms with Gasteiger partial charge in [-0.1, -0.05) is 6.07 Å². The maximum absolute atomic E-state index is 10.9. The smallest absolute Gasteiger partial charge is 0.335 e. The summed E-state index contributed by atoms with van der Waals surface area (Å²) in [5, 5.41) is 17.5. The third-order valence-electron chi connectivity index (χ3n) is 2.52. The van der Waals surface area contributed by atoms with Crippen molar-refractivity contribution in [1.82, 2.24) is 0 Å². The number of aliphatic carboxylic acids is 1. The lowest BCUT2D eigenvalue weighted by molar-refractivity contribution is -0.136. The van der Waals surface area contributed by atoms with Gasteiger partial charge in [-0.3, -0.25) is 4.79 Å². The van der Waals surface area contributed by atoms with Gasteiger partial charge in [-0.2, -0.15) is 0 Å². The van der Waals surface area contributed by atoms with Crippen molar-refractivity contribution in [2.45, 2.75) is 26.7 Å². The van der Waals surface area contributed by atoms with E-state index in [2.05, 4.69) is 0 Å². The molecule has 0 bridgehead atoms. The van der Waals surface area contributed by atoms with E-state index in [0.717, 1.165) is 11.1 Å². The molecule has 2 N–H and O–H groups in total. The van der Waals surface area contributed by atoms with Crippen molar-refractivity contribution >= 4 is 11.9 Å². The van der Waals surface area contributed by atoms with Gasteiger partial charge in [0.2, 0.25) is 0 Å². The summed E-state index contributed by atoms with van der Waals surface area (Å²) in [6.07, 6.45) is 0.380. The molecule has 1 aromatic rings. The van der Waals surface area contributed by atoms with Gasteiger partial charge in [0.1, 0.15) is 0 Å². The number of hydrogen-bond acceptors (Lipinski definition) is 2. The molecule has 0 saturated heterocycles. The minimum Gasteiger partial charge on any atom is -0.481 e. The van der Waals surface area contributed by atoms with Crippen LogP contribution in [0.2, 0.25) is 0 Å². The van der Waals surface area contributed by atoms with Crippen molar-refractivity contribution < 1.29 is 19.8 Å². The van der Waals surface area contributed by atoms with Gasteiger partial charge >= 0.3 is 11.9 Å². The van der Waals surface area contributed by atoms with E-state index in [4.69, 9.17) is 10.2 Å². The maximum Gasteiger partial charge on any atom is 0.335 e.